The first-order chi connectivity index (χ1) is 15.0. The second-order valence-corrected chi connectivity index (χ2v) is 8.76. The summed E-state index contributed by atoms with van der Waals surface area (Å²) in [6.07, 6.45) is 2.34. The molecule has 160 valence electrons. The third-order valence-electron chi connectivity index (χ3n) is 4.69. The summed E-state index contributed by atoms with van der Waals surface area (Å²) in [5, 5.41) is 15.0. The Kier molecular flexibility index (Phi) is 6.27. The lowest BCUT2D eigenvalue weighted by Gasteiger charge is -2.11. The van der Waals surface area contributed by atoms with Crippen molar-refractivity contribution in [1.29, 1.82) is 0 Å². The van der Waals surface area contributed by atoms with Gasteiger partial charge in [0.15, 0.2) is 0 Å². The van der Waals surface area contributed by atoms with E-state index in [9.17, 15) is 9.59 Å². The Labute approximate surface area is 184 Å². The maximum absolute atomic E-state index is 12.6. The monoisotopic (exact) mass is 436 g/mol. The number of aromatic nitrogens is 2. The maximum Gasteiger partial charge on any atom is 0.286 e. The van der Waals surface area contributed by atoms with Crippen LogP contribution in [0.15, 0.2) is 48.5 Å². The van der Waals surface area contributed by atoms with Gasteiger partial charge >= 0.3 is 0 Å². The molecule has 31 heavy (non-hydrogen) atoms. The van der Waals surface area contributed by atoms with Gasteiger partial charge in [-0.2, -0.15) is 0 Å². The smallest absolute Gasteiger partial charge is 0.286 e. The van der Waals surface area contributed by atoms with Gasteiger partial charge < -0.3 is 15.4 Å². The molecule has 3 aromatic rings. The first kappa shape index (κ1) is 21.0. The van der Waals surface area contributed by atoms with Crippen LogP contribution in [-0.2, 0) is 6.54 Å². The van der Waals surface area contributed by atoms with Gasteiger partial charge in [0.2, 0.25) is 5.01 Å². The van der Waals surface area contributed by atoms with Crippen LogP contribution < -0.4 is 15.4 Å². The number of anilines is 1. The number of benzene rings is 2. The van der Waals surface area contributed by atoms with Gasteiger partial charge in [0.05, 0.1) is 6.10 Å². The van der Waals surface area contributed by atoms with Crippen molar-refractivity contribution in [3.05, 3.63) is 69.7 Å². The van der Waals surface area contributed by atoms with Gasteiger partial charge in [-0.1, -0.05) is 29.5 Å². The molecule has 8 heteroatoms. The number of nitrogens with zero attached hydrogens (tertiary/aromatic N) is 2. The zero-order chi connectivity index (χ0) is 21.8. The van der Waals surface area contributed by atoms with Crippen molar-refractivity contribution >= 4 is 28.8 Å². The first-order valence-electron chi connectivity index (χ1n) is 10.3. The molecular formula is C23H24N4O3S. The summed E-state index contributed by atoms with van der Waals surface area (Å²) >= 11 is 1.33. The second-order valence-electron chi connectivity index (χ2n) is 7.75. The highest BCUT2D eigenvalue weighted by molar-refractivity contribution is 7.13. The van der Waals surface area contributed by atoms with Crippen LogP contribution in [0.4, 0.5) is 5.69 Å². The van der Waals surface area contributed by atoms with E-state index >= 15 is 0 Å². The summed E-state index contributed by atoms with van der Waals surface area (Å²) in [6, 6.07) is 14.5. The van der Waals surface area contributed by atoms with E-state index in [0.717, 1.165) is 29.2 Å². The van der Waals surface area contributed by atoms with E-state index < -0.39 is 0 Å². The SMILES string of the molecule is CC(C)Oc1ccc(CNC(=O)c2cccc(NC(=O)c3nnc(C4CC4)s3)c2)cc1. The quantitative estimate of drug-likeness (QED) is 0.546. The van der Waals surface area contributed by atoms with Crippen LogP contribution in [-0.4, -0.2) is 28.1 Å². The molecule has 0 aliphatic heterocycles. The molecular weight excluding hydrogens is 412 g/mol. The highest BCUT2D eigenvalue weighted by atomic mass is 32.1. The molecule has 1 aliphatic carbocycles. The Morgan fingerprint density at radius 3 is 2.58 bits per heavy atom. The zero-order valence-corrected chi connectivity index (χ0v) is 18.2. The van der Waals surface area contributed by atoms with Crippen LogP contribution in [0.3, 0.4) is 0 Å². The Morgan fingerprint density at radius 2 is 1.87 bits per heavy atom. The van der Waals surface area contributed by atoms with E-state index in [2.05, 4.69) is 20.8 Å². The highest BCUT2D eigenvalue weighted by Gasteiger charge is 2.28. The van der Waals surface area contributed by atoms with Gasteiger partial charge in [-0.05, 0) is 62.6 Å². The molecule has 7 nitrogen and oxygen atoms in total. The topological polar surface area (TPSA) is 93.2 Å². The summed E-state index contributed by atoms with van der Waals surface area (Å²) in [5.41, 5.74) is 1.97. The Morgan fingerprint density at radius 1 is 1.10 bits per heavy atom. The molecule has 0 atom stereocenters. The fourth-order valence-electron chi connectivity index (χ4n) is 2.99. The molecule has 0 bridgehead atoms. The lowest BCUT2D eigenvalue weighted by atomic mass is 10.1. The highest BCUT2D eigenvalue weighted by Crippen LogP contribution is 2.41. The summed E-state index contributed by atoms with van der Waals surface area (Å²) in [4.78, 5) is 25.0. The molecule has 2 N–H and O–H groups in total. The van der Waals surface area contributed by atoms with Gasteiger partial charge in [-0.15, -0.1) is 10.2 Å². The largest absolute Gasteiger partial charge is 0.491 e. The molecule has 4 rings (SSSR count). The number of nitrogens with one attached hydrogen (secondary N) is 2. The Hall–Kier alpha value is -3.26. The summed E-state index contributed by atoms with van der Waals surface area (Å²) in [7, 11) is 0. The van der Waals surface area contributed by atoms with Gasteiger partial charge in [0.25, 0.3) is 11.8 Å². The predicted octanol–water partition coefficient (Wildman–Crippen LogP) is 4.39. The van der Waals surface area contributed by atoms with Gasteiger partial charge in [0.1, 0.15) is 10.8 Å². The molecule has 1 aliphatic rings. The standard InChI is InChI=1S/C23H24N4O3S/c1-14(2)30-19-10-6-15(7-11-19)13-24-20(28)17-4-3-5-18(12-17)25-21(29)23-27-26-22(31-23)16-8-9-16/h3-7,10-12,14,16H,8-9,13H2,1-2H3,(H,24,28)(H,25,29). The molecule has 1 fully saturated rings. The molecule has 1 saturated carbocycles. The minimum Gasteiger partial charge on any atom is -0.491 e. The van der Waals surface area contributed by atoms with Crippen LogP contribution in [0, 0.1) is 0 Å². The number of amides is 2. The number of hydrogen-bond acceptors (Lipinski definition) is 6. The molecule has 1 heterocycles. The molecule has 1 aromatic heterocycles. The minimum absolute atomic E-state index is 0.116. The maximum atomic E-state index is 12.6. The second kappa shape index (κ2) is 9.26. The van der Waals surface area contributed by atoms with Crippen LogP contribution >= 0.6 is 11.3 Å². The Balaban J connectivity index is 1.33. The molecule has 0 radical (unpaired) electrons. The number of hydrogen-bond donors (Lipinski definition) is 2. The van der Waals surface area contributed by atoms with E-state index in [-0.39, 0.29) is 17.9 Å². The van der Waals surface area contributed by atoms with Gasteiger partial charge in [0, 0.05) is 23.7 Å². The van der Waals surface area contributed by atoms with Crippen molar-refractivity contribution in [3.8, 4) is 5.75 Å². The fourth-order valence-corrected chi connectivity index (χ4v) is 3.89. The van der Waals surface area contributed by atoms with Crippen molar-refractivity contribution < 1.29 is 14.3 Å². The zero-order valence-electron chi connectivity index (χ0n) is 17.4. The number of ether oxygens (including phenoxy) is 1. The first-order valence-corrected chi connectivity index (χ1v) is 11.1. The van der Waals surface area contributed by atoms with E-state index in [1.807, 2.05) is 38.1 Å². The molecule has 2 aromatic carbocycles. The van der Waals surface area contributed by atoms with E-state index in [0.29, 0.717) is 28.7 Å². The van der Waals surface area contributed by atoms with Crippen molar-refractivity contribution in [3.63, 3.8) is 0 Å². The van der Waals surface area contributed by atoms with Gasteiger partial charge in [-0.3, -0.25) is 9.59 Å². The lowest BCUT2D eigenvalue weighted by Crippen LogP contribution is -2.23. The van der Waals surface area contributed by atoms with E-state index in [4.69, 9.17) is 4.74 Å². The van der Waals surface area contributed by atoms with Crippen molar-refractivity contribution in [1.82, 2.24) is 15.5 Å². The third-order valence-corrected chi connectivity index (χ3v) is 5.78. The van der Waals surface area contributed by atoms with Crippen LogP contribution in [0.5, 0.6) is 5.75 Å². The summed E-state index contributed by atoms with van der Waals surface area (Å²) in [5.74, 6) is 0.731. The number of rotatable bonds is 8. The lowest BCUT2D eigenvalue weighted by molar-refractivity contribution is 0.0949. The average Bonchev–Trinajstić information content (AvgIpc) is 3.49. The summed E-state index contributed by atoms with van der Waals surface area (Å²) in [6.45, 7) is 4.35. The molecule has 2 amide bonds. The van der Waals surface area contributed by atoms with E-state index in [1.54, 1.807) is 24.3 Å². The molecule has 0 unspecified atom stereocenters. The third kappa shape index (κ3) is 5.67. The van der Waals surface area contributed by atoms with Crippen LogP contribution in [0.25, 0.3) is 0 Å². The van der Waals surface area contributed by atoms with Crippen molar-refractivity contribution in [2.24, 2.45) is 0 Å². The summed E-state index contributed by atoms with van der Waals surface area (Å²) < 4.78 is 5.63. The minimum atomic E-state index is -0.314. The van der Waals surface area contributed by atoms with Crippen LogP contribution in [0.1, 0.15) is 63.3 Å². The molecule has 0 saturated heterocycles. The molecule has 0 spiro atoms. The van der Waals surface area contributed by atoms with E-state index in [1.165, 1.54) is 11.3 Å². The fraction of sp³-hybridized carbons (Fsp3) is 0.304. The average molecular weight is 437 g/mol. The Bertz CT molecular complexity index is 1070. The van der Waals surface area contributed by atoms with Crippen molar-refractivity contribution in [2.45, 2.75) is 45.3 Å². The van der Waals surface area contributed by atoms with Crippen molar-refractivity contribution in [2.75, 3.05) is 5.32 Å². The number of carbonyl (C=O) groups is 2. The van der Waals surface area contributed by atoms with Gasteiger partial charge in [-0.25, -0.2) is 0 Å². The predicted molar refractivity (Wildman–Crippen MR) is 120 cm³/mol. The van der Waals surface area contributed by atoms with Crippen LogP contribution in [0.2, 0.25) is 0 Å². The number of carbonyl (C=O) groups excluding carboxylic acids is 2. The normalized spacial score (nSPS) is 13.1.